The van der Waals surface area contributed by atoms with E-state index >= 15 is 0 Å². The number of aromatic nitrogens is 1. The smallest absolute Gasteiger partial charge is 0.257 e. The summed E-state index contributed by atoms with van der Waals surface area (Å²) in [4.78, 5) is 12.5. The van der Waals surface area contributed by atoms with Crippen molar-refractivity contribution in [3.8, 4) is 5.75 Å². The monoisotopic (exact) mass is 467 g/mol. The van der Waals surface area contributed by atoms with Gasteiger partial charge in [-0.1, -0.05) is 89.7 Å². The molecule has 1 aromatic heterocycles. The highest BCUT2D eigenvalue weighted by molar-refractivity contribution is 5.93. The fourth-order valence-electron chi connectivity index (χ4n) is 4.26. The van der Waals surface area contributed by atoms with Crippen LogP contribution in [0.1, 0.15) is 112 Å². The Labute approximate surface area is 208 Å². The molecule has 4 nitrogen and oxygen atoms in total. The minimum absolute atomic E-state index is 0.0509. The Kier molecular flexibility index (Phi) is 14.0. The van der Waals surface area contributed by atoms with Crippen LogP contribution in [0.3, 0.4) is 0 Å². The Bertz CT molecular complexity index is 834. The Morgan fingerprint density at radius 3 is 2.15 bits per heavy atom. The summed E-state index contributed by atoms with van der Waals surface area (Å²) in [5.41, 5.74) is 2.89. The molecule has 2 aromatic rings. The third kappa shape index (κ3) is 10.7. The molecule has 0 atom stereocenters. The average Bonchev–Trinajstić information content (AvgIpc) is 2.86. The lowest BCUT2D eigenvalue weighted by molar-refractivity contribution is -0.693. The van der Waals surface area contributed by atoms with Gasteiger partial charge in [-0.15, -0.1) is 0 Å². The fraction of sp³-hybridized carbons (Fsp3) is 0.600. The number of aryl methyl sites for hydroxylation is 1. The molecule has 0 aliphatic carbocycles. The van der Waals surface area contributed by atoms with Crippen molar-refractivity contribution in [3.63, 3.8) is 0 Å². The molecule has 4 heteroatoms. The molecule has 0 radical (unpaired) electrons. The van der Waals surface area contributed by atoms with Gasteiger partial charge in [0.25, 0.3) is 5.91 Å². The number of nitrogens with one attached hydrogen (secondary N) is 1. The van der Waals surface area contributed by atoms with Crippen LogP contribution >= 0.6 is 0 Å². The fourth-order valence-corrected chi connectivity index (χ4v) is 4.26. The highest BCUT2D eigenvalue weighted by Gasteiger charge is 2.11. The third-order valence-corrected chi connectivity index (χ3v) is 6.58. The maximum absolute atomic E-state index is 12.5. The molecule has 0 unspecified atom stereocenters. The molecule has 0 aliphatic rings. The number of nitrogens with zero attached hydrogens (tertiary/aromatic N) is 1. The van der Waals surface area contributed by atoms with Crippen LogP contribution in [0.15, 0.2) is 42.7 Å². The Balaban J connectivity index is 1.61. The van der Waals surface area contributed by atoms with Crippen LogP contribution in [0, 0.1) is 6.92 Å². The van der Waals surface area contributed by atoms with Gasteiger partial charge in [0.1, 0.15) is 17.9 Å². The molecule has 1 aromatic carbocycles. The molecule has 0 saturated carbocycles. The summed E-state index contributed by atoms with van der Waals surface area (Å²) >= 11 is 0. The second-order valence-electron chi connectivity index (χ2n) is 9.38. The van der Waals surface area contributed by atoms with Crippen molar-refractivity contribution in [1.82, 2.24) is 5.32 Å². The van der Waals surface area contributed by atoms with Gasteiger partial charge >= 0.3 is 0 Å². The first-order chi connectivity index (χ1) is 16.7. The molecule has 0 fully saturated rings. The van der Waals surface area contributed by atoms with Crippen molar-refractivity contribution in [2.24, 2.45) is 0 Å². The van der Waals surface area contributed by atoms with E-state index in [9.17, 15) is 4.79 Å². The molecule has 0 aliphatic heterocycles. The predicted molar refractivity (Wildman–Crippen MR) is 141 cm³/mol. The molecular formula is C30H47N2O2+. The van der Waals surface area contributed by atoms with E-state index in [4.69, 9.17) is 4.74 Å². The largest absolute Gasteiger partial charge is 0.493 e. The normalized spacial score (nSPS) is 10.9. The van der Waals surface area contributed by atoms with E-state index in [1.165, 1.54) is 70.6 Å². The quantitative estimate of drug-likeness (QED) is 0.184. The zero-order valence-electron chi connectivity index (χ0n) is 21.9. The zero-order valence-corrected chi connectivity index (χ0v) is 21.9. The second-order valence-corrected chi connectivity index (χ2v) is 9.38. The summed E-state index contributed by atoms with van der Waals surface area (Å²) in [5, 5.41) is 3.04. The van der Waals surface area contributed by atoms with E-state index in [1.54, 1.807) is 0 Å². The highest BCUT2D eigenvalue weighted by atomic mass is 16.5. The molecular weight excluding hydrogens is 420 g/mol. The van der Waals surface area contributed by atoms with E-state index in [-0.39, 0.29) is 5.91 Å². The molecule has 1 heterocycles. The number of benzene rings is 1. The number of amides is 1. The van der Waals surface area contributed by atoms with Crippen LogP contribution in [-0.2, 0) is 13.1 Å². The van der Waals surface area contributed by atoms with Gasteiger partial charge in [0, 0.05) is 12.6 Å². The van der Waals surface area contributed by atoms with Gasteiger partial charge in [0.15, 0.2) is 12.4 Å². The van der Waals surface area contributed by atoms with Crippen LogP contribution in [0.2, 0.25) is 0 Å². The van der Waals surface area contributed by atoms with Crippen LogP contribution in [0.4, 0.5) is 0 Å². The first-order valence-electron chi connectivity index (χ1n) is 13.6. The maximum Gasteiger partial charge on any atom is 0.257 e. The van der Waals surface area contributed by atoms with E-state index in [0.29, 0.717) is 12.1 Å². The number of pyridine rings is 1. The number of hydrogen-bond acceptors (Lipinski definition) is 2. The highest BCUT2D eigenvalue weighted by Crippen LogP contribution is 2.22. The summed E-state index contributed by atoms with van der Waals surface area (Å²) < 4.78 is 8.08. The number of carbonyl (C=O) groups excluding carboxylic acids is 1. The SMILES string of the molecule is CCCCCCCCCCCCCCOc1cccc(CNC(=O)c2ccc[n+](CC)c2)c1C. The first kappa shape index (κ1) is 27.9. The van der Waals surface area contributed by atoms with Crippen LogP contribution in [0.5, 0.6) is 5.75 Å². The van der Waals surface area contributed by atoms with Gasteiger partial charge in [-0.3, -0.25) is 4.79 Å². The molecule has 1 N–H and O–H groups in total. The third-order valence-electron chi connectivity index (χ3n) is 6.58. The summed E-state index contributed by atoms with van der Waals surface area (Å²) in [6.07, 6.45) is 20.0. The minimum atomic E-state index is -0.0509. The Morgan fingerprint density at radius 2 is 1.50 bits per heavy atom. The van der Waals surface area contributed by atoms with Gasteiger partial charge in [0.2, 0.25) is 0 Å². The summed E-state index contributed by atoms with van der Waals surface area (Å²) in [5.74, 6) is 0.878. The number of rotatable bonds is 18. The average molecular weight is 468 g/mol. The maximum atomic E-state index is 12.5. The van der Waals surface area contributed by atoms with Crippen molar-refractivity contribution >= 4 is 5.91 Å². The van der Waals surface area contributed by atoms with Crippen molar-refractivity contribution in [3.05, 3.63) is 59.4 Å². The zero-order chi connectivity index (χ0) is 24.4. The van der Waals surface area contributed by atoms with Crippen LogP contribution in [0.25, 0.3) is 0 Å². The minimum Gasteiger partial charge on any atom is -0.493 e. The molecule has 0 spiro atoms. The molecule has 188 valence electrons. The van der Waals surface area contributed by atoms with E-state index in [2.05, 4.69) is 32.2 Å². The lowest BCUT2D eigenvalue weighted by atomic mass is 10.1. The predicted octanol–water partition coefficient (Wildman–Crippen LogP) is 7.31. The van der Waals surface area contributed by atoms with Crippen LogP contribution < -0.4 is 14.6 Å². The van der Waals surface area contributed by atoms with E-state index in [1.807, 2.05) is 41.2 Å². The van der Waals surface area contributed by atoms with Gasteiger partial charge in [-0.05, 0) is 43.5 Å². The van der Waals surface area contributed by atoms with Crippen molar-refractivity contribution in [1.29, 1.82) is 0 Å². The summed E-state index contributed by atoms with van der Waals surface area (Å²) in [6.45, 7) is 8.52. The van der Waals surface area contributed by atoms with Gasteiger partial charge < -0.3 is 10.1 Å². The Hall–Kier alpha value is -2.36. The number of hydrogen-bond donors (Lipinski definition) is 1. The summed E-state index contributed by atoms with van der Waals surface area (Å²) in [6, 6.07) is 9.86. The second kappa shape index (κ2) is 17.1. The van der Waals surface area contributed by atoms with Crippen molar-refractivity contribution < 1.29 is 14.1 Å². The topological polar surface area (TPSA) is 42.2 Å². The van der Waals surface area contributed by atoms with Gasteiger partial charge in [-0.2, -0.15) is 0 Å². The molecule has 34 heavy (non-hydrogen) atoms. The molecule has 1 amide bonds. The molecule has 0 bridgehead atoms. The van der Waals surface area contributed by atoms with Gasteiger partial charge in [0.05, 0.1) is 6.61 Å². The molecule has 0 saturated heterocycles. The number of unbranched alkanes of at least 4 members (excludes halogenated alkanes) is 11. The van der Waals surface area contributed by atoms with E-state index < -0.39 is 0 Å². The van der Waals surface area contributed by atoms with Crippen LogP contribution in [-0.4, -0.2) is 12.5 Å². The van der Waals surface area contributed by atoms with E-state index in [0.717, 1.165) is 36.4 Å². The van der Waals surface area contributed by atoms with Gasteiger partial charge in [-0.25, -0.2) is 4.57 Å². The number of carbonyl (C=O) groups is 1. The summed E-state index contributed by atoms with van der Waals surface area (Å²) in [7, 11) is 0. The Morgan fingerprint density at radius 1 is 0.853 bits per heavy atom. The lowest BCUT2D eigenvalue weighted by Crippen LogP contribution is -2.34. The van der Waals surface area contributed by atoms with Crippen molar-refractivity contribution in [2.45, 2.75) is 111 Å². The standard InChI is InChI=1S/C30H46N2O2/c1-4-6-7-8-9-10-11-12-13-14-15-16-23-34-29-21-17-19-27(26(29)3)24-31-30(33)28-20-18-22-32(5-2)25-28/h17-22,25H,4-16,23-24H2,1-3H3/p+1. The number of ether oxygens (including phenoxy) is 1. The first-order valence-corrected chi connectivity index (χ1v) is 13.6. The van der Waals surface area contributed by atoms with Crippen molar-refractivity contribution in [2.75, 3.05) is 6.61 Å². The molecule has 2 rings (SSSR count). The lowest BCUT2D eigenvalue weighted by Gasteiger charge is -2.13.